The number of nitrogens with zero attached hydrogens (tertiary/aromatic N) is 3. The molecule has 1 aliphatic heterocycles. The summed E-state index contributed by atoms with van der Waals surface area (Å²) >= 11 is 0. The summed E-state index contributed by atoms with van der Waals surface area (Å²) in [7, 11) is 0. The molecule has 0 spiro atoms. The Morgan fingerprint density at radius 3 is 2.71 bits per heavy atom. The van der Waals surface area contributed by atoms with Crippen LogP contribution in [0.25, 0.3) is 16.7 Å². The van der Waals surface area contributed by atoms with Gasteiger partial charge in [0.25, 0.3) is 0 Å². The van der Waals surface area contributed by atoms with Crippen LogP contribution in [0.1, 0.15) is 32.0 Å². The minimum atomic E-state index is 0.171. The van der Waals surface area contributed by atoms with Crippen molar-refractivity contribution in [1.29, 1.82) is 0 Å². The number of aromatic nitrogens is 2. The largest absolute Gasteiger partial charge is 0.376 e. The summed E-state index contributed by atoms with van der Waals surface area (Å²) in [5, 5.41) is 0. The summed E-state index contributed by atoms with van der Waals surface area (Å²) in [4.78, 5) is 19.6. The predicted molar refractivity (Wildman–Crippen MR) is 111 cm³/mol. The fourth-order valence-electron chi connectivity index (χ4n) is 3.93. The average Bonchev–Trinajstić information content (AvgIpc) is 3.38. The molecule has 1 unspecified atom stereocenters. The fraction of sp³-hybridized carbons (Fsp3) is 0.391. The topological polar surface area (TPSA) is 47.4 Å². The van der Waals surface area contributed by atoms with Crippen molar-refractivity contribution >= 4 is 16.9 Å². The van der Waals surface area contributed by atoms with Crippen LogP contribution in [0.2, 0.25) is 0 Å². The number of aryl methyl sites for hydroxylation is 1. The van der Waals surface area contributed by atoms with Gasteiger partial charge in [0, 0.05) is 38.2 Å². The van der Waals surface area contributed by atoms with Crippen molar-refractivity contribution in [2.45, 2.75) is 38.7 Å². The number of hydrogen-bond acceptors (Lipinski definition) is 3. The van der Waals surface area contributed by atoms with Crippen LogP contribution >= 0.6 is 0 Å². The van der Waals surface area contributed by atoms with Gasteiger partial charge in [0.05, 0.1) is 17.1 Å². The van der Waals surface area contributed by atoms with Gasteiger partial charge < -0.3 is 9.64 Å². The first-order chi connectivity index (χ1) is 13.8. The maximum absolute atomic E-state index is 12.8. The molecule has 2 heterocycles. The molecule has 1 amide bonds. The minimum absolute atomic E-state index is 0.171. The third-order valence-corrected chi connectivity index (χ3v) is 5.39. The van der Waals surface area contributed by atoms with Gasteiger partial charge in [-0.05, 0) is 44.0 Å². The number of hydrogen-bond donors (Lipinski definition) is 0. The quantitative estimate of drug-likeness (QED) is 0.626. The highest BCUT2D eigenvalue weighted by Crippen LogP contribution is 2.22. The zero-order valence-corrected chi connectivity index (χ0v) is 16.4. The van der Waals surface area contributed by atoms with E-state index in [-0.39, 0.29) is 12.0 Å². The van der Waals surface area contributed by atoms with Crippen LogP contribution in [-0.2, 0) is 16.0 Å². The van der Waals surface area contributed by atoms with Crippen molar-refractivity contribution in [2.75, 3.05) is 19.7 Å². The van der Waals surface area contributed by atoms with Crippen molar-refractivity contribution in [2.24, 2.45) is 0 Å². The monoisotopic (exact) mass is 377 g/mol. The number of carbonyl (C=O) groups excluding carboxylic acids is 1. The second-order valence-electron chi connectivity index (χ2n) is 7.26. The van der Waals surface area contributed by atoms with Crippen LogP contribution < -0.4 is 0 Å². The summed E-state index contributed by atoms with van der Waals surface area (Å²) in [5.41, 5.74) is 3.11. The molecular formula is C23H27N3O2. The second kappa shape index (κ2) is 8.57. The van der Waals surface area contributed by atoms with Gasteiger partial charge in [-0.2, -0.15) is 0 Å². The molecule has 2 aromatic carbocycles. The first kappa shape index (κ1) is 18.7. The number of para-hydroxylation sites is 3. The molecule has 1 aliphatic rings. The Hall–Kier alpha value is -2.66. The maximum Gasteiger partial charge on any atom is 0.223 e. The molecule has 4 rings (SSSR count). The number of ether oxygens (including phenoxy) is 1. The lowest BCUT2D eigenvalue weighted by atomic mass is 10.2. The summed E-state index contributed by atoms with van der Waals surface area (Å²) in [6.07, 6.45) is 3.41. The fourth-order valence-corrected chi connectivity index (χ4v) is 3.93. The van der Waals surface area contributed by atoms with E-state index >= 15 is 0 Å². The van der Waals surface area contributed by atoms with Crippen molar-refractivity contribution in [3.8, 4) is 5.69 Å². The van der Waals surface area contributed by atoms with E-state index in [1.165, 1.54) is 0 Å². The lowest BCUT2D eigenvalue weighted by molar-refractivity contribution is -0.132. The average molecular weight is 377 g/mol. The molecule has 5 heteroatoms. The molecule has 5 nitrogen and oxygen atoms in total. The van der Waals surface area contributed by atoms with Crippen molar-refractivity contribution in [3.05, 3.63) is 60.4 Å². The summed E-state index contributed by atoms with van der Waals surface area (Å²) in [6, 6.07) is 18.4. The molecule has 28 heavy (non-hydrogen) atoms. The number of imidazole rings is 1. The van der Waals surface area contributed by atoms with Gasteiger partial charge in [-0.1, -0.05) is 30.3 Å². The van der Waals surface area contributed by atoms with E-state index in [0.717, 1.165) is 42.0 Å². The Kier molecular flexibility index (Phi) is 5.72. The molecule has 0 saturated carbocycles. The summed E-state index contributed by atoms with van der Waals surface area (Å²) in [5.74, 6) is 1.10. The van der Waals surface area contributed by atoms with Crippen LogP contribution in [0.4, 0.5) is 0 Å². The Balaban J connectivity index is 1.53. The highest BCUT2D eigenvalue weighted by Gasteiger charge is 2.22. The lowest BCUT2D eigenvalue weighted by Gasteiger charge is -2.24. The normalized spacial score (nSPS) is 16.5. The van der Waals surface area contributed by atoms with Gasteiger partial charge in [0.2, 0.25) is 5.91 Å². The van der Waals surface area contributed by atoms with Crippen LogP contribution in [0.3, 0.4) is 0 Å². The van der Waals surface area contributed by atoms with Crippen LogP contribution in [-0.4, -0.2) is 46.2 Å². The number of carbonyl (C=O) groups is 1. The van der Waals surface area contributed by atoms with Crippen molar-refractivity contribution in [1.82, 2.24) is 14.5 Å². The minimum Gasteiger partial charge on any atom is -0.376 e. The third-order valence-electron chi connectivity index (χ3n) is 5.39. The number of amides is 1. The molecule has 0 bridgehead atoms. The molecule has 1 atom stereocenters. The van der Waals surface area contributed by atoms with E-state index in [1.807, 2.05) is 48.2 Å². The van der Waals surface area contributed by atoms with Gasteiger partial charge in [0.1, 0.15) is 5.82 Å². The zero-order chi connectivity index (χ0) is 19.3. The maximum atomic E-state index is 12.8. The van der Waals surface area contributed by atoms with E-state index in [9.17, 15) is 4.79 Å². The predicted octanol–water partition coefficient (Wildman–Crippen LogP) is 3.99. The lowest BCUT2D eigenvalue weighted by Crippen LogP contribution is -2.37. The van der Waals surface area contributed by atoms with Gasteiger partial charge in [-0.25, -0.2) is 4.98 Å². The molecule has 0 radical (unpaired) electrons. The van der Waals surface area contributed by atoms with E-state index in [0.29, 0.717) is 25.9 Å². The molecule has 146 valence electrons. The van der Waals surface area contributed by atoms with Gasteiger partial charge in [-0.3, -0.25) is 9.36 Å². The molecule has 0 aliphatic carbocycles. The van der Waals surface area contributed by atoms with Gasteiger partial charge in [0.15, 0.2) is 0 Å². The summed E-state index contributed by atoms with van der Waals surface area (Å²) < 4.78 is 7.87. The van der Waals surface area contributed by atoms with E-state index < -0.39 is 0 Å². The van der Waals surface area contributed by atoms with Crippen LogP contribution in [0.5, 0.6) is 0 Å². The zero-order valence-electron chi connectivity index (χ0n) is 16.4. The standard InChI is InChI=1S/C23H27N3O2/c1-2-25(17-19-11-8-16-28-19)23(27)15-14-22-24-20-12-6-7-13-21(20)26(22)18-9-4-3-5-10-18/h3-7,9-10,12-13,19H,2,8,11,14-17H2,1H3. The third kappa shape index (κ3) is 3.94. The van der Waals surface area contributed by atoms with Crippen molar-refractivity contribution in [3.63, 3.8) is 0 Å². The Bertz CT molecular complexity index is 929. The number of benzene rings is 2. The van der Waals surface area contributed by atoms with Gasteiger partial charge >= 0.3 is 0 Å². The molecular weight excluding hydrogens is 350 g/mol. The SMILES string of the molecule is CCN(CC1CCCO1)C(=O)CCc1nc2ccccc2n1-c1ccccc1. The van der Waals surface area contributed by atoms with E-state index in [2.05, 4.69) is 22.8 Å². The van der Waals surface area contributed by atoms with E-state index in [4.69, 9.17) is 9.72 Å². The second-order valence-corrected chi connectivity index (χ2v) is 7.26. The van der Waals surface area contributed by atoms with Crippen molar-refractivity contribution < 1.29 is 9.53 Å². The number of rotatable bonds is 7. The Morgan fingerprint density at radius 2 is 1.96 bits per heavy atom. The smallest absolute Gasteiger partial charge is 0.223 e. The summed E-state index contributed by atoms with van der Waals surface area (Å²) in [6.45, 7) is 4.27. The highest BCUT2D eigenvalue weighted by atomic mass is 16.5. The molecule has 1 aromatic heterocycles. The first-order valence-corrected chi connectivity index (χ1v) is 10.2. The molecule has 0 N–H and O–H groups in total. The molecule has 3 aromatic rings. The first-order valence-electron chi connectivity index (χ1n) is 10.2. The van der Waals surface area contributed by atoms with Gasteiger partial charge in [-0.15, -0.1) is 0 Å². The molecule has 1 saturated heterocycles. The van der Waals surface area contributed by atoms with Crippen LogP contribution in [0, 0.1) is 0 Å². The highest BCUT2D eigenvalue weighted by molar-refractivity contribution is 5.79. The van der Waals surface area contributed by atoms with Crippen LogP contribution in [0.15, 0.2) is 54.6 Å². The molecule has 1 fully saturated rings. The number of fused-ring (bicyclic) bond motifs is 1. The Labute approximate surface area is 165 Å². The number of likely N-dealkylation sites (N-methyl/N-ethyl adjacent to an activating group) is 1. The van der Waals surface area contributed by atoms with E-state index in [1.54, 1.807) is 0 Å². The Morgan fingerprint density at radius 1 is 1.18 bits per heavy atom.